The fourth-order valence-corrected chi connectivity index (χ4v) is 8.73. The van der Waals surface area contributed by atoms with E-state index in [1.165, 1.54) is 163 Å². The highest BCUT2D eigenvalue weighted by Crippen LogP contribution is 2.35. The second kappa shape index (κ2) is 23.8. The van der Waals surface area contributed by atoms with E-state index in [0.29, 0.717) is 0 Å². The first-order valence-electron chi connectivity index (χ1n) is 23.7. The minimum atomic E-state index is 1.10. The van der Waals surface area contributed by atoms with Crippen LogP contribution in [0.3, 0.4) is 0 Å². The van der Waals surface area contributed by atoms with Gasteiger partial charge in [0.05, 0.1) is 0 Å². The van der Waals surface area contributed by atoms with Gasteiger partial charge in [0.1, 0.15) is 0 Å². The van der Waals surface area contributed by atoms with Gasteiger partial charge in [-0.3, -0.25) is 0 Å². The molecule has 0 aliphatic carbocycles. The molecule has 6 aromatic carbocycles. The Balaban J connectivity index is 1.03. The number of anilines is 3. The van der Waals surface area contributed by atoms with Crippen LogP contribution in [-0.4, -0.2) is 0 Å². The predicted octanol–water partition coefficient (Wildman–Crippen LogP) is 17.1. The third-order valence-electron chi connectivity index (χ3n) is 12.6. The molecule has 0 bridgehead atoms. The van der Waals surface area contributed by atoms with Gasteiger partial charge in [-0.2, -0.15) is 0 Å². The predicted molar refractivity (Wildman–Crippen MR) is 263 cm³/mol. The number of nitrogens with zero attached hydrogens (tertiary/aromatic N) is 1. The van der Waals surface area contributed by atoms with Gasteiger partial charge in [0.2, 0.25) is 0 Å². The highest BCUT2D eigenvalue weighted by Gasteiger charge is 2.14. The van der Waals surface area contributed by atoms with Gasteiger partial charge >= 0.3 is 0 Å². The monoisotopic (exact) mass is 796 g/mol. The number of unbranched alkanes of at least 4 members (excludes halogenated alkanes) is 8. The van der Waals surface area contributed by atoms with E-state index in [0.717, 1.165) is 25.7 Å². The van der Waals surface area contributed by atoms with E-state index < -0.39 is 0 Å². The molecule has 0 unspecified atom stereocenters. The molecule has 60 heavy (non-hydrogen) atoms. The fraction of sp³-hybridized carbons (Fsp3) is 0.390. The van der Waals surface area contributed by atoms with Gasteiger partial charge in [-0.15, -0.1) is 0 Å². The van der Waals surface area contributed by atoms with Crippen molar-refractivity contribution in [3.8, 4) is 11.1 Å². The molecule has 0 aliphatic rings. The minimum Gasteiger partial charge on any atom is -0.311 e. The second-order valence-electron chi connectivity index (χ2n) is 17.7. The van der Waals surface area contributed by atoms with Crippen LogP contribution in [0.4, 0.5) is 17.1 Å². The average Bonchev–Trinajstić information content (AvgIpc) is 3.27. The molecule has 0 amide bonds. The molecule has 1 nitrogen and oxygen atoms in total. The zero-order chi connectivity index (χ0) is 41.9. The van der Waals surface area contributed by atoms with E-state index in [4.69, 9.17) is 0 Å². The Bertz CT molecular complexity index is 2120. The Morgan fingerprint density at radius 3 is 1.12 bits per heavy atom. The lowest BCUT2D eigenvalue weighted by atomic mass is 9.89. The molecule has 0 aromatic heterocycles. The molecule has 0 radical (unpaired) electrons. The van der Waals surface area contributed by atoms with Gasteiger partial charge in [0, 0.05) is 17.1 Å². The maximum absolute atomic E-state index is 2.54. The first-order chi connectivity index (χ1) is 29.4. The first kappa shape index (κ1) is 44.7. The highest BCUT2D eigenvalue weighted by molar-refractivity contribution is 5.76. The minimum absolute atomic E-state index is 1.10. The molecule has 0 saturated carbocycles. The largest absolute Gasteiger partial charge is 0.311 e. The molecule has 6 rings (SSSR count). The van der Waals surface area contributed by atoms with Crippen molar-refractivity contribution in [3.63, 3.8) is 0 Å². The van der Waals surface area contributed by atoms with Gasteiger partial charge in [0.15, 0.2) is 0 Å². The molecule has 0 spiro atoms. The maximum atomic E-state index is 2.54. The van der Waals surface area contributed by atoms with Crippen molar-refractivity contribution in [3.05, 3.63) is 184 Å². The lowest BCUT2D eigenvalue weighted by molar-refractivity contribution is 0.662. The number of hydrogen-bond acceptors (Lipinski definition) is 1. The first-order valence-corrected chi connectivity index (χ1v) is 23.7. The molecule has 0 atom stereocenters. The summed E-state index contributed by atoms with van der Waals surface area (Å²) >= 11 is 0. The average molecular weight is 796 g/mol. The molecule has 0 N–H and O–H groups in total. The lowest BCUT2D eigenvalue weighted by Crippen LogP contribution is -2.10. The Morgan fingerprint density at radius 2 is 0.683 bits per heavy atom. The van der Waals surface area contributed by atoms with E-state index >= 15 is 0 Å². The van der Waals surface area contributed by atoms with Crippen LogP contribution in [0.25, 0.3) is 11.1 Å². The maximum Gasteiger partial charge on any atom is 0.0461 e. The summed E-state index contributed by atoms with van der Waals surface area (Å²) in [5.41, 5.74) is 19.4. The normalized spacial score (nSPS) is 11.3. The van der Waals surface area contributed by atoms with Gasteiger partial charge in [0.25, 0.3) is 0 Å². The van der Waals surface area contributed by atoms with E-state index in [-0.39, 0.29) is 0 Å². The quantitative estimate of drug-likeness (QED) is 0.0552. The van der Waals surface area contributed by atoms with Gasteiger partial charge in [-0.25, -0.2) is 0 Å². The summed E-state index contributed by atoms with van der Waals surface area (Å²) in [5, 5.41) is 0. The molecule has 314 valence electrons. The van der Waals surface area contributed by atoms with Crippen LogP contribution in [0.5, 0.6) is 0 Å². The lowest BCUT2D eigenvalue weighted by Gasteiger charge is -2.26. The molecular weight excluding hydrogens is 723 g/mol. The van der Waals surface area contributed by atoms with Crippen molar-refractivity contribution in [2.24, 2.45) is 0 Å². The summed E-state index contributed by atoms with van der Waals surface area (Å²) in [4.78, 5) is 2.40. The van der Waals surface area contributed by atoms with E-state index in [2.05, 4.69) is 173 Å². The summed E-state index contributed by atoms with van der Waals surface area (Å²) in [5.74, 6) is 0. The van der Waals surface area contributed by atoms with Gasteiger partial charge in [-0.05, 0) is 184 Å². The number of aryl methyl sites for hydroxylation is 9. The van der Waals surface area contributed by atoms with Crippen molar-refractivity contribution < 1.29 is 0 Å². The summed E-state index contributed by atoms with van der Waals surface area (Å²) in [6.07, 6.45) is 22.2. The zero-order valence-electron chi connectivity index (χ0n) is 37.9. The molecule has 0 aliphatic heterocycles. The smallest absolute Gasteiger partial charge is 0.0461 e. The number of hydrogen-bond donors (Lipinski definition) is 0. The van der Waals surface area contributed by atoms with Crippen molar-refractivity contribution in [2.45, 2.75) is 150 Å². The number of benzene rings is 6. The Hall–Kier alpha value is -4.88. The molecular formula is C59H73N. The van der Waals surface area contributed by atoms with Gasteiger partial charge in [-0.1, -0.05) is 161 Å². The van der Waals surface area contributed by atoms with Gasteiger partial charge < -0.3 is 4.90 Å². The van der Waals surface area contributed by atoms with Crippen LogP contribution >= 0.6 is 0 Å². The van der Waals surface area contributed by atoms with E-state index in [9.17, 15) is 0 Å². The van der Waals surface area contributed by atoms with E-state index in [1.54, 1.807) is 5.56 Å². The molecule has 1 heteroatoms. The molecule has 0 fully saturated rings. The Kier molecular flexibility index (Phi) is 17.7. The summed E-state index contributed by atoms with van der Waals surface area (Å²) in [7, 11) is 0. The summed E-state index contributed by atoms with van der Waals surface area (Å²) in [6.45, 7) is 11.3. The van der Waals surface area contributed by atoms with Crippen LogP contribution in [0.15, 0.2) is 133 Å². The number of rotatable bonds is 24. The zero-order valence-corrected chi connectivity index (χ0v) is 37.9. The summed E-state index contributed by atoms with van der Waals surface area (Å²) in [6, 6.07) is 51.1. The van der Waals surface area contributed by atoms with Crippen molar-refractivity contribution in [1.29, 1.82) is 0 Å². The SMILES string of the molecule is CCCCCCc1cc(-c2ccc(CCCCc3ccc(N(c4ccc(C)cc4)c4ccc(CCCCc5ccc(C)cc5)cc4)cc3)cc2)c(CCCCCC)cc1C. The van der Waals surface area contributed by atoms with Crippen molar-refractivity contribution >= 4 is 17.1 Å². The van der Waals surface area contributed by atoms with Crippen LogP contribution in [0, 0.1) is 20.8 Å². The third kappa shape index (κ3) is 13.6. The second-order valence-corrected chi connectivity index (χ2v) is 17.7. The summed E-state index contributed by atoms with van der Waals surface area (Å²) < 4.78 is 0. The van der Waals surface area contributed by atoms with Crippen molar-refractivity contribution in [2.75, 3.05) is 4.90 Å². The molecule has 6 aromatic rings. The molecule has 0 saturated heterocycles. The third-order valence-corrected chi connectivity index (χ3v) is 12.6. The van der Waals surface area contributed by atoms with Crippen LogP contribution in [0.2, 0.25) is 0 Å². The fourth-order valence-electron chi connectivity index (χ4n) is 8.73. The van der Waals surface area contributed by atoms with Crippen LogP contribution in [0.1, 0.15) is 141 Å². The standard InChI is InChI=1S/C59H73N/c1-6-8-10-12-22-54-45-59(55(44-48(54)5)23-13-11-9-7-2)53-36-30-50(31-37-53)19-15-17-21-52-34-42-58(43-35-52)60(56-38-26-47(4)27-39-56)57-40-32-51(33-41-57)20-16-14-18-49-28-24-46(3)25-29-49/h24-45H,6-23H2,1-5H3. The highest BCUT2D eigenvalue weighted by atomic mass is 15.1. The molecule has 0 heterocycles. The topological polar surface area (TPSA) is 3.24 Å². The Labute approximate surface area is 365 Å². The van der Waals surface area contributed by atoms with Crippen LogP contribution in [-0.2, 0) is 38.5 Å². The van der Waals surface area contributed by atoms with Crippen LogP contribution < -0.4 is 4.90 Å². The van der Waals surface area contributed by atoms with E-state index in [1.807, 2.05) is 0 Å². The van der Waals surface area contributed by atoms with Crippen molar-refractivity contribution in [1.82, 2.24) is 0 Å². The Morgan fingerprint density at radius 1 is 0.333 bits per heavy atom.